The molecule has 0 amide bonds. The van der Waals surface area contributed by atoms with Crippen molar-refractivity contribution in [2.75, 3.05) is 5.75 Å². The first-order chi connectivity index (χ1) is 7.89. The first kappa shape index (κ1) is 13.9. The molecule has 0 fully saturated rings. The van der Waals surface area contributed by atoms with Crippen LogP contribution in [0.15, 0.2) is 34.1 Å². The van der Waals surface area contributed by atoms with E-state index in [4.69, 9.17) is 5.11 Å². The zero-order chi connectivity index (χ0) is 12.9. The number of carbonyl (C=O) groups is 1. The molecule has 0 bridgehead atoms. The van der Waals surface area contributed by atoms with Gasteiger partial charge in [0.25, 0.3) is 0 Å². The first-order valence-corrected chi connectivity index (χ1v) is 7.28. The van der Waals surface area contributed by atoms with Crippen molar-refractivity contribution in [1.29, 1.82) is 0 Å². The van der Waals surface area contributed by atoms with Crippen LogP contribution in [0.1, 0.15) is 12.0 Å². The summed E-state index contributed by atoms with van der Waals surface area (Å²) in [6.07, 6.45) is 1.07. The van der Waals surface area contributed by atoms with Crippen molar-refractivity contribution >= 4 is 37.8 Å². The van der Waals surface area contributed by atoms with Gasteiger partial charge in [-0.25, -0.2) is 8.42 Å². The lowest BCUT2D eigenvalue weighted by Gasteiger charge is -1.96. The summed E-state index contributed by atoms with van der Waals surface area (Å²) in [6.45, 7) is 0. The molecular weight excluding hydrogens is 308 g/mol. The van der Waals surface area contributed by atoms with Crippen LogP contribution >= 0.6 is 15.9 Å². The molecule has 0 aliphatic heterocycles. The molecule has 92 valence electrons. The van der Waals surface area contributed by atoms with E-state index in [2.05, 4.69) is 15.9 Å². The highest BCUT2D eigenvalue weighted by molar-refractivity contribution is 9.10. The number of hydrogen-bond donors (Lipinski definition) is 1. The van der Waals surface area contributed by atoms with Gasteiger partial charge in [-0.15, -0.1) is 0 Å². The van der Waals surface area contributed by atoms with E-state index >= 15 is 0 Å². The van der Waals surface area contributed by atoms with Crippen LogP contribution in [0.5, 0.6) is 0 Å². The standard InChI is InChI=1S/C11H11BrO4S/c12-10-3-1-9(2-4-10)5-7-17(15,16)8-6-11(13)14/h1-5,7H,6,8H2,(H,13,14). The predicted octanol–water partition coefficient (Wildman–Crippen LogP) is 2.31. The zero-order valence-electron chi connectivity index (χ0n) is 8.84. The Hall–Kier alpha value is -1.14. The van der Waals surface area contributed by atoms with E-state index in [-0.39, 0.29) is 12.2 Å². The van der Waals surface area contributed by atoms with Crippen LogP contribution in [-0.2, 0) is 14.6 Å². The highest BCUT2D eigenvalue weighted by atomic mass is 79.9. The molecule has 0 radical (unpaired) electrons. The van der Waals surface area contributed by atoms with Crippen LogP contribution in [0.2, 0.25) is 0 Å². The minimum Gasteiger partial charge on any atom is -0.481 e. The van der Waals surface area contributed by atoms with Crippen LogP contribution in [-0.4, -0.2) is 25.2 Å². The molecule has 17 heavy (non-hydrogen) atoms. The lowest BCUT2D eigenvalue weighted by molar-refractivity contribution is -0.136. The average Bonchev–Trinajstić information content (AvgIpc) is 2.26. The van der Waals surface area contributed by atoms with Gasteiger partial charge in [0.1, 0.15) is 0 Å². The molecule has 1 rings (SSSR count). The number of rotatable bonds is 5. The summed E-state index contributed by atoms with van der Waals surface area (Å²) in [5, 5.41) is 9.44. The van der Waals surface area contributed by atoms with E-state index in [1.165, 1.54) is 6.08 Å². The summed E-state index contributed by atoms with van der Waals surface area (Å²) >= 11 is 3.27. The average molecular weight is 319 g/mol. The van der Waals surface area contributed by atoms with Gasteiger partial charge in [0.05, 0.1) is 12.2 Å². The summed E-state index contributed by atoms with van der Waals surface area (Å²) in [4.78, 5) is 10.3. The second-order valence-corrected chi connectivity index (χ2v) is 6.29. The van der Waals surface area contributed by atoms with E-state index in [9.17, 15) is 13.2 Å². The van der Waals surface area contributed by atoms with Crippen LogP contribution in [0.25, 0.3) is 6.08 Å². The number of carboxylic acids is 1. The van der Waals surface area contributed by atoms with E-state index in [1.807, 2.05) is 0 Å². The van der Waals surface area contributed by atoms with Crippen molar-refractivity contribution in [2.45, 2.75) is 6.42 Å². The second-order valence-electron chi connectivity index (χ2n) is 3.37. The van der Waals surface area contributed by atoms with Crippen molar-refractivity contribution in [3.8, 4) is 0 Å². The molecule has 1 aromatic carbocycles. The highest BCUT2D eigenvalue weighted by Gasteiger charge is 2.08. The van der Waals surface area contributed by atoms with E-state index in [0.717, 1.165) is 15.4 Å². The normalized spacial score (nSPS) is 11.8. The number of benzene rings is 1. The van der Waals surface area contributed by atoms with Crippen LogP contribution < -0.4 is 0 Å². The Kier molecular flexibility index (Phi) is 4.89. The highest BCUT2D eigenvalue weighted by Crippen LogP contribution is 2.12. The third kappa shape index (κ3) is 5.65. The molecule has 1 aromatic rings. The minimum absolute atomic E-state index is 0.380. The van der Waals surface area contributed by atoms with Crippen molar-refractivity contribution in [3.05, 3.63) is 39.7 Å². The topological polar surface area (TPSA) is 71.4 Å². The van der Waals surface area contributed by atoms with E-state index in [0.29, 0.717) is 0 Å². The smallest absolute Gasteiger partial charge is 0.304 e. The number of hydrogen-bond acceptors (Lipinski definition) is 3. The Balaban J connectivity index is 2.70. The van der Waals surface area contributed by atoms with E-state index < -0.39 is 15.8 Å². The number of carboxylic acid groups (broad SMARTS) is 1. The van der Waals surface area contributed by atoms with Gasteiger partial charge < -0.3 is 5.11 Å². The van der Waals surface area contributed by atoms with Crippen LogP contribution in [0.3, 0.4) is 0 Å². The van der Waals surface area contributed by atoms with Crippen LogP contribution in [0, 0.1) is 0 Å². The van der Waals surface area contributed by atoms with Gasteiger partial charge in [-0.2, -0.15) is 0 Å². The third-order valence-electron chi connectivity index (χ3n) is 1.94. The molecular formula is C11H11BrO4S. The van der Waals surface area contributed by atoms with Gasteiger partial charge >= 0.3 is 5.97 Å². The number of halogens is 1. The molecule has 0 aliphatic carbocycles. The van der Waals surface area contributed by atoms with Crippen molar-refractivity contribution in [1.82, 2.24) is 0 Å². The fourth-order valence-electron chi connectivity index (χ4n) is 1.05. The quantitative estimate of drug-likeness (QED) is 0.904. The number of aliphatic carboxylic acids is 1. The second kappa shape index (κ2) is 5.97. The van der Waals surface area contributed by atoms with E-state index in [1.54, 1.807) is 24.3 Å². The van der Waals surface area contributed by atoms with Gasteiger partial charge in [0, 0.05) is 9.88 Å². The lowest BCUT2D eigenvalue weighted by Crippen LogP contribution is -2.07. The molecule has 0 saturated carbocycles. The fourth-order valence-corrected chi connectivity index (χ4v) is 2.28. The molecule has 6 heteroatoms. The van der Waals surface area contributed by atoms with Gasteiger partial charge in [0.2, 0.25) is 0 Å². The summed E-state index contributed by atoms with van der Waals surface area (Å²) in [5.74, 6) is -1.50. The molecule has 4 nitrogen and oxygen atoms in total. The zero-order valence-corrected chi connectivity index (χ0v) is 11.2. The van der Waals surface area contributed by atoms with Gasteiger partial charge in [-0.3, -0.25) is 4.79 Å². The van der Waals surface area contributed by atoms with Gasteiger partial charge in [0.15, 0.2) is 9.84 Å². The summed E-state index contributed by atoms with van der Waals surface area (Å²) in [6, 6.07) is 7.10. The molecule has 0 aliphatic rings. The largest absolute Gasteiger partial charge is 0.481 e. The summed E-state index contributed by atoms with van der Waals surface area (Å²) < 4.78 is 23.7. The molecule has 1 N–H and O–H groups in total. The Morgan fingerprint density at radius 1 is 1.29 bits per heavy atom. The van der Waals surface area contributed by atoms with Gasteiger partial charge in [-0.1, -0.05) is 28.1 Å². The Morgan fingerprint density at radius 3 is 2.41 bits per heavy atom. The molecule has 0 aromatic heterocycles. The van der Waals surface area contributed by atoms with Gasteiger partial charge in [-0.05, 0) is 23.8 Å². The lowest BCUT2D eigenvalue weighted by atomic mass is 10.2. The molecule has 0 atom stereocenters. The molecule has 0 unspecified atom stereocenters. The molecule has 0 saturated heterocycles. The van der Waals surface area contributed by atoms with Crippen LogP contribution in [0.4, 0.5) is 0 Å². The predicted molar refractivity (Wildman–Crippen MR) is 69.2 cm³/mol. The maximum Gasteiger partial charge on any atom is 0.304 e. The maximum atomic E-state index is 11.4. The fraction of sp³-hybridized carbons (Fsp3) is 0.182. The summed E-state index contributed by atoms with van der Waals surface area (Å²) in [7, 11) is -3.46. The Labute approximate surface area is 108 Å². The Bertz CT molecular complexity index is 517. The maximum absolute atomic E-state index is 11.4. The SMILES string of the molecule is O=C(O)CCS(=O)(=O)C=Cc1ccc(Br)cc1. The third-order valence-corrected chi connectivity index (χ3v) is 3.79. The first-order valence-electron chi connectivity index (χ1n) is 4.77. The summed E-state index contributed by atoms with van der Waals surface area (Å²) in [5.41, 5.74) is 0.743. The molecule has 0 spiro atoms. The van der Waals surface area contributed by atoms with Crippen molar-refractivity contribution in [3.63, 3.8) is 0 Å². The minimum atomic E-state index is -3.46. The van der Waals surface area contributed by atoms with Crippen molar-refractivity contribution < 1.29 is 18.3 Å². The monoisotopic (exact) mass is 318 g/mol. The van der Waals surface area contributed by atoms with Crippen molar-refractivity contribution in [2.24, 2.45) is 0 Å². The number of sulfone groups is 1. The Morgan fingerprint density at radius 2 is 1.88 bits per heavy atom. The molecule has 0 heterocycles.